The molecule has 0 aliphatic carbocycles. The summed E-state index contributed by atoms with van der Waals surface area (Å²) in [5.41, 5.74) is 1.60. The molecule has 0 saturated heterocycles. The van der Waals surface area contributed by atoms with E-state index in [2.05, 4.69) is 9.97 Å². The number of amides is 2. The van der Waals surface area contributed by atoms with Crippen molar-refractivity contribution >= 4 is 11.8 Å². The van der Waals surface area contributed by atoms with Crippen LogP contribution in [0, 0.1) is 0 Å². The van der Waals surface area contributed by atoms with Crippen molar-refractivity contribution in [1.29, 1.82) is 0 Å². The standard InChI is InChI=1S/C13H17N3O2/c1-7(2)10-6-14-9-5-11(17)16(8(3)4)13(18)12(9)15-10/h6-8H,5H2,1-4H3. The van der Waals surface area contributed by atoms with E-state index in [1.807, 2.05) is 27.7 Å². The molecule has 1 aromatic heterocycles. The van der Waals surface area contributed by atoms with Gasteiger partial charge in [0.1, 0.15) is 0 Å². The Kier molecular flexibility index (Phi) is 3.15. The zero-order chi connectivity index (χ0) is 13.4. The number of aromatic nitrogens is 2. The average Bonchev–Trinajstić information content (AvgIpc) is 2.27. The van der Waals surface area contributed by atoms with E-state index in [1.54, 1.807) is 6.20 Å². The van der Waals surface area contributed by atoms with Gasteiger partial charge in [0.05, 0.1) is 17.8 Å². The van der Waals surface area contributed by atoms with Crippen molar-refractivity contribution < 1.29 is 9.59 Å². The minimum Gasteiger partial charge on any atom is -0.274 e. The maximum atomic E-state index is 12.2. The third-order valence-electron chi connectivity index (χ3n) is 2.98. The Balaban J connectivity index is 2.48. The molecule has 2 rings (SSSR count). The summed E-state index contributed by atoms with van der Waals surface area (Å²) in [6.45, 7) is 7.63. The van der Waals surface area contributed by atoms with Crippen molar-refractivity contribution in [1.82, 2.24) is 14.9 Å². The molecule has 2 amide bonds. The first-order chi connectivity index (χ1) is 8.41. The van der Waals surface area contributed by atoms with Gasteiger partial charge in [-0.1, -0.05) is 13.8 Å². The molecule has 0 atom stereocenters. The van der Waals surface area contributed by atoms with E-state index < -0.39 is 0 Å². The fourth-order valence-corrected chi connectivity index (χ4v) is 1.98. The lowest BCUT2D eigenvalue weighted by molar-refractivity contribution is -0.129. The quantitative estimate of drug-likeness (QED) is 0.743. The van der Waals surface area contributed by atoms with Gasteiger partial charge in [-0.2, -0.15) is 0 Å². The third-order valence-corrected chi connectivity index (χ3v) is 2.98. The maximum Gasteiger partial charge on any atom is 0.281 e. The van der Waals surface area contributed by atoms with Crippen LogP contribution in [-0.2, 0) is 11.2 Å². The summed E-state index contributed by atoms with van der Waals surface area (Å²) >= 11 is 0. The molecule has 2 heterocycles. The zero-order valence-electron chi connectivity index (χ0n) is 11.1. The molecule has 0 spiro atoms. The Hall–Kier alpha value is -1.78. The van der Waals surface area contributed by atoms with Crippen LogP contribution in [-0.4, -0.2) is 32.7 Å². The molecule has 0 unspecified atom stereocenters. The predicted molar refractivity (Wildman–Crippen MR) is 66.1 cm³/mol. The monoisotopic (exact) mass is 247 g/mol. The summed E-state index contributed by atoms with van der Waals surface area (Å²) < 4.78 is 0. The largest absolute Gasteiger partial charge is 0.281 e. The number of nitrogens with zero attached hydrogens (tertiary/aromatic N) is 3. The normalized spacial score (nSPS) is 15.6. The van der Waals surface area contributed by atoms with Crippen molar-refractivity contribution in [3.63, 3.8) is 0 Å². The summed E-state index contributed by atoms with van der Waals surface area (Å²) in [5, 5.41) is 0. The first-order valence-electron chi connectivity index (χ1n) is 6.14. The molecule has 18 heavy (non-hydrogen) atoms. The van der Waals surface area contributed by atoms with Gasteiger partial charge < -0.3 is 0 Å². The molecule has 5 heteroatoms. The van der Waals surface area contributed by atoms with Gasteiger partial charge in [-0.3, -0.25) is 19.5 Å². The fraction of sp³-hybridized carbons (Fsp3) is 0.538. The Morgan fingerprint density at radius 1 is 1.22 bits per heavy atom. The topological polar surface area (TPSA) is 63.2 Å². The van der Waals surface area contributed by atoms with Crippen molar-refractivity contribution in [2.45, 2.75) is 46.1 Å². The van der Waals surface area contributed by atoms with Gasteiger partial charge in [0.25, 0.3) is 5.91 Å². The number of carbonyl (C=O) groups excluding carboxylic acids is 2. The number of rotatable bonds is 2. The summed E-state index contributed by atoms with van der Waals surface area (Å²) in [5.74, 6) is -0.318. The molecule has 0 radical (unpaired) electrons. The van der Waals surface area contributed by atoms with Crippen LogP contribution in [0.4, 0.5) is 0 Å². The molecule has 0 fully saturated rings. The van der Waals surface area contributed by atoms with Crippen LogP contribution in [0.1, 0.15) is 55.5 Å². The summed E-state index contributed by atoms with van der Waals surface area (Å²) in [7, 11) is 0. The Morgan fingerprint density at radius 3 is 2.44 bits per heavy atom. The highest BCUT2D eigenvalue weighted by atomic mass is 16.2. The van der Waals surface area contributed by atoms with Crippen molar-refractivity contribution in [2.24, 2.45) is 0 Å². The first kappa shape index (κ1) is 12.7. The molecule has 0 N–H and O–H groups in total. The van der Waals surface area contributed by atoms with E-state index in [0.29, 0.717) is 11.4 Å². The second kappa shape index (κ2) is 4.48. The molecule has 5 nitrogen and oxygen atoms in total. The highest BCUT2D eigenvalue weighted by Gasteiger charge is 2.35. The number of hydrogen-bond donors (Lipinski definition) is 0. The predicted octanol–water partition coefficient (Wildman–Crippen LogP) is 1.53. The maximum absolute atomic E-state index is 12.2. The van der Waals surface area contributed by atoms with E-state index in [0.717, 1.165) is 5.69 Å². The van der Waals surface area contributed by atoms with E-state index in [1.165, 1.54) is 4.90 Å². The molecular weight excluding hydrogens is 230 g/mol. The number of hydrogen-bond acceptors (Lipinski definition) is 4. The van der Waals surface area contributed by atoms with Crippen LogP contribution in [0.3, 0.4) is 0 Å². The van der Waals surface area contributed by atoms with E-state index in [9.17, 15) is 9.59 Å². The highest BCUT2D eigenvalue weighted by Crippen LogP contribution is 2.20. The van der Waals surface area contributed by atoms with Crippen LogP contribution < -0.4 is 0 Å². The van der Waals surface area contributed by atoms with Crippen molar-refractivity contribution in [3.8, 4) is 0 Å². The Bertz CT molecular complexity index is 509. The molecule has 0 bridgehead atoms. The lowest BCUT2D eigenvalue weighted by atomic mass is 10.1. The number of imide groups is 1. The molecule has 0 saturated carbocycles. The van der Waals surface area contributed by atoms with E-state index in [-0.39, 0.29) is 30.2 Å². The van der Waals surface area contributed by atoms with Gasteiger partial charge in [-0.25, -0.2) is 4.98 Å². The van der Waals surface area contributed by atoms with Crippen LogP contribution in [0.25, 0.3) is 0 Å². The Labute approximate surface area is 106 Å². The molecule has 0 aromatic carbocycles. The highest BCUT2D eigenvalue weighted by molar-refractivity contribution is 6.08. The fourth-order valence-electron chi connectivity index (χ4n) is 1.98. The molecule has 1 aliphatic rings. The molecular formula is C13H17N3O2. The van der Waals surface area contributed by atoms with Gasteiger partial charge in [-0.05, 0) is 19.8 Å². The van der Waals surface area contributed by atoms with Crippen LogP contribution in [0.2, 0.25) is 0 Å². The van der Waals surface area contributed by atoms with Gasteiger partial charge in [0.15, 0.2) is 5.69 Å². The minimum atomic E-state index is -0.328. The van der Waals surface area contributed by atoms with Gasteiger partial charge >= 0.3 is 0 Å². The van der Waals surface area contributed by atoms with Crippen LogP contribution in [0.15, 0.2) is 6.20 Å². The third kappa shape index (κ3) is 2.00. The number of carbonyl (C=O) groups is 2. The SMILES string of the molecule is CC(C)c1cnc2c(n1)C(=O)N(C(C)C)C(=O)C2. The van der Waals surface area contributed by atoms with Gasteiger partial charge in [0, 0.05) is 12.2 Å². The smallest absolute Gasteiger partial charge is 0.274 e. The van der Waals surface area contributed by atoms with E-state index >= 15 is 0 Å². The lowest BCUT2D eigenvalue weighted by Gasteiger charge is -2.29. The van der Waals surface area contributed by atoms with Crippen molar-refractivity contribution in [2.75, 3.05) is 0 Å². The molecule has 96 valence electrons. The van der Waals surface area contributed by atoms with Crippen molar-refractivity contribution in [3.05, 3.63) is 23.3 Å². The summed E-state index contributed by atoms with van der Waals surface area (Å²) in [6.07, 6.45) is 1.81. The zero-order valence-corrected chi connectivity index (χ0v) is 11.1. The molecule has 1 aliphatic heterocycles. The average molecular weight is 247 g/mol. The second-order valence-electron chi connectivity index (χ2n) is 5.08. The van der Waals surface area contributed by atoms with Gasteiger partial charge in [-0.15, -0.1) is 0 Å². The van der Waals surface area contributed by atoms with Crippen LogP contribution in [0.5, 0.6) is 0 Å². The summed E-state index contributed by atoms with van der Waals surface area (Å²) in [6, 6.07) is -0.150. The first-order valence-corrected chi connectivity index (χ1v) is 6.14. The van der Waals surface area contributed by atoms with Crippen LogP contribution >= 0.6 is 0 Å². The lowest BCUT2D eigenvalue weighted by Crippen LogP contribution is -2.47. The van der Waals surface area contributed by atoms with Gasteiger partial charge in [0.2, 0.25) is 5.91 Å². The number of fused-ring (bicyclic) bond motifs is 1. The Morgan fingerprint density at radius 2 is 1.89 bits per heavy atom. The van der Waals surface area contributed by atoms with E-state index in [4.69, 9.17) is 0 Å². The second-order valence-corrected chi connectivity index (χ2v) is 5.08. The molecule has 1 aromatic rings. The minimum absolute atomic E-state index is 0.150. The summed E-state index contributed by atoms with van der Waals surface area (Å²) in [4.78, 5) is 33.9.